The van der Waals surface area contributed by atoms with Gasteiger partial charge in [-0.25, -0.2) is 4.79 Å². The minimum atomic E-state index is -0.648. The molecule has 0 unspecified atom stereocenters. The van der Waals surface area contributed by atoms with Crippen molar-refractivity contribution >= 4 is 19.4 Å². The van der Waals surface area contributed by atoms with Crippen molar-refractivity contribution in [1.82, 2.24) is 4.90 Å². The maximum absolute atomic E-state index is 12.9. The van der Waals surface area contributed by atoms with E-state index >= 15 is 0 Å². The number of rotatable bonds is 6. The molecule has 0 radical (unpaired) electrons. The fourth-order valence-corrected chi connectivity index (χ4v) is 3.68. The Morgan fingerprint density at radius 2 is 1.88 bits per heavy atom. The first-order valence-electron chi connectivity index (χ1n) is 9.28. The van der Waals surface area contributed by atoms with Crippen LogP contribution in [0.25, 0.3) is 0 Å². The van der Waals surface area contributed by atoms with E-state index in [1.807, 2.05) is 37.3 Å². The number of carbonyl (C=O) groups is 1. The van der Waals surface area contributed by atoms with Crippen LogP contribution in [0.4, 0.5) is 4.79 Å². The van der Waals surface area contributed by atoms with Crippen molar-refractivity contribution < 1.29 is 14.6 Å². The van der Waals surface area contributed by atoms with Gasteiger partial charge in [-0.2, -0.15) is 0 Å². The summed E-state index contributed by atoms with van der Waals surface area (Å²) in [5.74, 6) is 0. The van der Waals surface area contributed by atoms with Gasteiger partial charge in [0.1, 0.15) is 13.4 Å². The summed E-state index contributed by atoms with van der Waals surface area (Å²) >= 11 is 0. The second-order valence-corrected chi connectivity index (χ2v) is 7.09. The van der Waals surface area contributed by atoms with E-state index in [2.05, 4.69) is 32.1 Å². The highest BCUT2D eigenvalue weighted by molar-refractivity contribution is 6.32. The molecule has 1 aliphatic heterocycles. The molecule has 0 aromatic heterocycles. The number of cyclic esters (lactones) is 1. The number of nitrogens with zero attached hydrogens (tertiary/aromatic N) is 1. The van der Waals surface area contributed by atoms with Crippen LogP contribution >= 0.6 is 0 Å². The number of hydrogen-bond donors (Lipinski definition) is 1. The Labute approximate surface area is 156 Å². The van der Waals surface area contributed by atoms with E-state index in [9.17, 15) is 9.90 Å². The minimum absolute atomic E-state index is 0.0327. The quantitative estimate of drug-likeness (QED) is 0.814. The summed E-state index contributed by atoms with van der Waals surface area (Å²) in [6.45, 7) is 2.76. The topological polar surface area (TPSA) is 49.8 Å². The van der Waals surface area contributed by atoms with Crippen LogP contribution in [-0.2, 0) is 10.3 Å². The normalized spacial score (nSPS) is 21.3. The van der Waals surface area contributed by atoms with Crippen LogP contribution in [0.1, 0.15) is 43.4 Å². The summed E-state index contributed by atoms with van der Waals surface area (Å²) in [6.07, 6.45) is 1.67. The van der Waals surface area contributed by atoms with Crippen LogP contribution in [0.5, 0.6) is 0 Å². The maximum Gasteiger partial charge on any atom is 0.411 e. The molecular formula is C21H26BNO3. The van der Waals surface area contributed by atoms with Gasteiger partial charge in [0.15, 0.2) is 0 Å². The molecule has 0 saturated carbocycles. The van der Waals surface area contributed by atoms with Gasteiger partial charge in [0, 0.05) is 19.6 Å². The fraction of sp³-hybridized carbons (Fsp3) is 0.381. The Hall–Kier alpha value is -2.27. The first kappa shape index (κ1) is 18.5. The highest BCUT2D eigenvalue weighted by Crippen LogP contribution is 2.40. The molecule has 3 rings (SSSR count). The van der Waals surface area contributed by atoms with Crippen LogP contribution in [0.15, 0.2) is 54.6 Å². The largest absolute Gasteiger partial charge is 0.438 e. The molecule has 0 aliphatic carbocycles. The van der Waals surface area contributed by atoms with E-state index in [4.69, 9.17) is 4.74 Å². The molecule has 0 bridgehead atoms. The molecule has 5 heteroatoms. The molecule has 26 heavy (non-hydrogen) atoms. The van der Waals surface area contributed by atoms with Gasteiger partial charge in [-0.1, -0.05) is 60.1 Å². The SMILES string of the molecule is Bc1ccc([C@H](C)N2CC[C@](CCCO)(c3ccccc3)OC2=O)cc1. The van der Waals surface area contributed by atoms with Gasteiger partial charge in [-0.15, -0.1) is 0 Å². The third-order valence-electron chi connectivity index (χ3n) is 5.34. The number of amides is 1. The number of hydrogen-bond acceptors (Lipinski definition) is 3. The Bertz CT molecular complexity index is 735. The number of ether oxygens (including phenoxy) is 1. The lowest BCUT2D eigenvalue weighted by Crippen LogP contribution is -2.48. The smallest absolute Gasteiger partial charge is 0.411 e. The van der Waals surface area contributed by atoms with Crippen LogP contribution < -0.4 is 5.46 Å². The lowest BCUT2D eigenvalue weighted by atomic mass is 9.84. The summed E-state index contributed by atoms with van der Waals surface area (Å²) < 4.78 is 6.02. The van der Waals surface area contributed by atoms with Gasteiger partial charge < -0.3 is 14.7 Å². The molecule has 0 spiro atoms. The van der Waals surface area contributed by atoms with Crippen LogP contribution in [-0.4, -0.2) is 37.1 Å². The second-order valence-electron chi connectivity index (χ2n) is 7.09. The lowest BCUT2D eigenvalue weighted by molar-refractivity contribution is -0.0680. The highest BCUT2D eigenvalue weighted by atomic mass is 16.6. The Morgan fingerprint density at radius 1 is 1.19 bits per heavy atom. The Kier molecular flexibility index (Phi) is 5.67. The van der Waals surface area contributed by atoms with E-state index in [0.29, 0.717) is 19.4 Å². The third-order valence-corrected chi connectivity index (χ3v) is 5.34. The highest BCUT2D eigenvalue weighted by Gasteiger charge is 2.43. The number of aliphatic hydroxyl groups is 1. The summed E-state index contributed by atoms with van der Waals surface area (Å²) in [4.78, 5) is 14.7. The van der Waals surface area contributed by atoms with Crippen molar-refractivity contribution in [2.75, 3.05) is 13.2 Å². The zero-order valence-electron chi connectivity index (χ0n) is 15.5. The van der Waals surface area contributed by atoms with Crippen molar-refractivity contribution in [2.45, 2.75) is 37.8 Å². The van der Waals surface area contributed by atoms with Gasteiger partial charge in [-0.05, 0) is 30.9 Å². The zero-order chi connectivity index (χ0) is 18.6. The summed E-state index contributed by atoms with van der Waals surface area (Å²) in [5.41, 5.74) is 2.67. The first-order chi connectivity index (χ1) is 12.6. The predicted octanol–water partition coefficient (Wildman–Crippen LogP) is 2.52. The first-order valence-corrected chi connectivity index (χ1v) is 9.28. The molecule has 136 valence electrons. The summed E-state index contributed by atoms with van der Waals surface area (Å²) in [5, 5.41) is 9.28. The molecule has 4 nitrogen and oxygen atoms in total. The molecule has 2 aromatic carbocycles. The van der Waals surface area contributed by atoms with Crippen LogP contribution in [0.2, 0.25) is 0 Å². The van der Waals surface area contributed by atoms with Crippen LogP contribution in [0.3, 0.4) is 0 Å². The molecule has 1 fully saturated rings. The van der Waals surface area contributed by atoms with Crippen LogP contribution in [0, 0.1) is 0 Å². The lowest BCUT2D eigenvalue weighted by Gasteiger charge is -2.43. The number of carbonyl (C=O) groups excluding carboxylic acids is 1. The van der Waals surface area contributed by atoms with Gasteiger partial charge >= 0.3 is 6.09 Å². The number of aliphatic hydroxyl groups excluding tert-OH is 1. The third kappa shape index (κ3) is 3.78. The molecule has 2 atom stereocenters. The van der Waals surface area contributed by atoms with Crippen molar-refractivity contribution in [3.63, 3.8) is 0 Å². The molecule has 2 aromatic rings. The molecule has 1 amide bonds. The second kappa shape index (κ2) is 7.96. The van der Waals surface area contributed by atoms with Gasteiger partial charge in [0.25, 0.3) is 0 Å². The predicted molar refractivity (Wildman–Crippen MR) is 105 cm³/mol. The van der Waals surface area contributed by atoms with Gasteiger partial charge in [0.2, 0.25) is 0 Å². The van der Waals surface area contributed by atoms with E-state index in [-0.39, 0.29) is 18.7 Å². The van der Waals surface area contributed by atoms with E-state index in [1.54, 1.807) is 4.90 Å². The standard InChI is InChI=1S/C21H26BNO3/c1-16(17-8-10-19(22)11-9-17)23-14-13-21(12-5-15-24,26-20(23)25)18-6-3-2-4-7-18/h2-4,6-11,16,24H,5,12-15,22H2,1H3/t16-,21+/m0/s1. The fourth-order valence-electron chi connectivity index (χ4n) is 3.68. The maximum atomic E-state index is 12.9. The van der Waals surface area contributed by atoms with Gasteiger partial charge in [-0.3, -0.25) is 0 Å². The molecule has 1 N–H and O–H groups in total. The van der Waals surface area contributed by atoms with Gasteiger partial charge in [0.05, 0.1) is 6.04 Å². The zero-order valence-corrected chi connectivity index (χ0v) is 15.5. The number of benzene rings is 2. The monoisotopic (exact) mass is 351 g/mol. The molecule has 1 saturated heterocycles. The van der Waals surface area contributed by atoms with Crippen molar-refractivity contribution in [2.24, 2.45) is 0 Å². The average Bonchev–Trinajstić information content (AvgIpc) is 2.67. The summed E-state index contributed by atoms with van der Waals surface area (Å²) in [6, 6.07) is 18.1. The van der Waals surface area contributed by atoms with Crippen molar-refractivity contribution in [1.29, 1.82) is 0 Å². The summed E-state index contributed by atoms with van der Waals surface area (Å²) in [7, 11) is 2.05. The molecular weight excluding hydrogens is 325 g/mol. The average molecular weight is 351 g/mol. The van der Waals surface area contributed by atoms with Crippen molar-refractivity contribution in [3.05, 3.63) is 65.7 Å². The molecule has 1 heterocycles. The minimum Gasteiger partial charge on any atom is -0.438 e. The van der Waals surface area contributed by atoms with E-state index in [1.165, 1.54) is 5.46 Å². The molecule has 1 aliphatic rings. The van der Waals surface area contributed by atoms with E-state index in [0.717, 1.165) is 17.5 Å². The Balaban J connectivity index is 1.80. The Morgan fingerprint density at radius 3 is 2.50 bits per heavy atom. The van der Waals surface area contributed by atoms with E-state index < -0.39 is 5.60 Å². The van der Waals surface area contributed by atoms with Crippen molar-refractivity contribution in [3.8, 4) is 0 Å².